The maximum absolute atomic E-state index is 12.8. The van der Waals surface area contributed by atoms with Gasteiger partial charge in [-0.2, -0.15) is 0 Å². The summed E-state index contributed by atoms with van der Waals surface area (Å²) >= 11 is 0. The number of amides is 3. The molecule has 3 heterocycles. The highest BCUT2D eigenvalue weighted by atomic mass is 16.5. The van der Waals surface area contributed by atoms with E-state index in [1.807, 2.05) is 34.1 Å². The summed E-state index contributed by atoms with van der Waals surface area (Å²) in [6, 6.07) is 7.50. The summed E-state index contributed by atoms with van der Waals surface area (Å²) in [6.45, 7) is 3.95. The lowest BCUT2D eigenvalue weighted by Gasteiger charge is -2.34. The fraction of sp³-hybridized carbons (Fsp3) is 0.625. The number of fused-ring (bicyclic) bond motifs is 1. The van der Waals surface area contributed by atoms with Crippen LogP contribution >= 0.6 is 0 Å². The van der Waals surface area contributed by atoms with E-state index in [1.54, 1.807) is 4.90 Å². The van der Waals surface area contributed by atoms with Crippen molar-refractivity contribution in [2.24, 2.45) is 5.92 Å². The Morgan fingerprint density at radius 3 is 2.23 bits per heavy atom. The van der Waals surface area contributed by atoms with Crippen LogP contribution in [-0.2, 0) is 14.4 Å². The van der Waals surface area contributed by atoms with E-state index in [0.29, 0.717) is 32.0 Å². The molecule has 0 aromatic heterocycles. The van der Waals surface area contributed by atoms with Gasteiger partial charge in [0.05, 0.1) is 12.2 Å². The molecule has 0 radical (unpaired) electrons. The summed E-state index contributed by atoms with van der Waals surface area (Å²) in [5.41, 5.74) is 0.777. The number of carbonyl (C=O) groups excluding carboxylic acids is 3. The predicted octanol–water partition coefficient (Wildman–Crippen LogP) is 2.83. The molecule has 0 unspecified atom stereocenters. The van der Waals surface area contributed by atoms with Gasteiger partial charge in [-0.05, 0) is 37.8 Å². The lowest BCUT2D eigenvalue weighted by atomic mass is 9.94. The van der Waals surface area contributed by atoms with Crippen LogP contribution in [0.3, 0.4) is 0 Å². The van der Waals surface area contributed by atoms with Gasteiger partial charge in [0.2, 0.25) is 17.7 Å². The van der Waals surface area contributed by atoms with Gasteiger partial charge < -0.3 is 19.4 Å². The number of hydrogen-bond donors (Lipinski definition) is 0. The normalized spacial score (nSPS) is 19.9. The van der Waals surface area contributed by atoms with Crippen LogP contribution in [0.1, 0.15) is 51.4 Å². The topological polar surface area (TPSA) is 70.2 Å². The number of ether oxygens (including phenoxy) is 1. The Morgan fingerprint density at radius 1 is 0.806 bits per heavy atom. The van der Waals surface area contributed by atoms with E-state index in [0.717, 1.165) is 44.5 Å². The van der Waals surface area contributed by atoms with Crippen LogP contribution in [0.15, 0.2) is 24.3 Å². The van der Waals surface area contributed by atoms with Crippen molar-refractivity contribution in [2.75, 3.05) is 44.2 Å². The van der Waals surface area contributed by atoms with Crippen molar-refractivity contribution in [2.45, 2.75) is 51.4 Å². The monoisotopic (exact) mass is 427 g/mol. The average Bonchev–Trinajstić information content (AvgIpc) is 3.11. The van der Waals surface area contributed by atoms with Crippen LogP contribution in [0.4, 0.5) is 5.69 Å². The molecule has 7 heteroatoms. The zero-order valence-electron chi connectivity index (χ0n) is 18.3. The minimum absolute atomic E-state index is 0.00978. The molecule has 0 N–H and O–H groups in total. The number of nitrogens with zero attached hydrogens (tertiary/aromatic N) is 3. The molecule has 3 aliphatic heterocycles. The van der Waals surface area contributed by atoms with E-state index in [1.165, 1.54) is 12.8 Å². The largest absolute Gasteiger partial charge is 0.490 e. The fourth-order valence-electron chi connectivity index (χ4n) is 4.86. The number of rotatable bonds is 4. The highest BCUT2D eigenvalue weighted by Gasteiger charge is 2.31. The molecule has 2 fully saturated rings. The molecule has 3 aliphatic rings. The number of benzene rings is 1. The Balaban J connectivity index is 1.23. The minimum atomic E-state index is -0.0460. The molecule has 1 aromatic carbocycles. The summed E-state index contributed by atoms with van der Waals surface area (Å²) < 4.78 is 5.60. The third-order valence-electron chi connectivity index (χ3n) is 6.70. The standard InChI is InChI=1S/C24H33N3O4/c28-22(9-10-23(29)27-17-18-31-21-8-4-3-7-20(21)27)25-15-11-19(12-16-25)24(30)26-13-5-1-2-6-14-26/h3-4,7-8,19H,1-2,5-6,9-18H2. The molecular weight excluding hydrogens is 394 g/mol. The lowest BCUT2D eigenvalue weighted by molar-refractivity contribution is -0.141. The number of carbonyl (C=O) groups is 3. The van der Waals surface area contributed by atoms with E-state index in [2.05, 4.69) is 0 Å². The van der Waals surface area contributed by atoms with E-state index >= 15 is 0 Å². The maximum atomic E-state index is 12.8. The van der Waals surface area contributed by atoms with Crippen molar-refractivity contribution in [1.29, 1.82) is 0 Å². The first-order valence-corrected chi connectivity index (χ1v) is 11.7. The first kappa shape index (κ1) is 21.7. The van der Waals surface area contributed by atoms with Crippen LogP contribution in [0.5, 0.6) is 5.75 Å². The average molecular weight is 428 g/mol. The van der Waals surface area contributed by atoms with Crippen molar-refractivity contribution in [3.8, 4) is 5.75 Å². The Bertz CT molecular complexity index is 796. The third kappa shape index (κ3) is 5.20. The molecule has 7 nitrogen and oxygen atoms in total. The highest BCUT2D eigenvalue weighted by molar-refractivity contribution is 5.97. The summed E-state index contributed by atoms with van der Waals surface area (Å²) in [4.78, 5) is 43.8. The summed E-state index contributed by atoms with van der Waals surface area (Å²) in [5, 5.41) is 0. The molecule has 0 atom stereocenters. The molecule has 0 spiro atoms. The molecule has 31 heavy (non-hydrogen) atoms. The zero-order valence-corrected chi connectivity index (χ0v) is 18.3. The third-order valence-corrected chi connectivity index (χ3v) is 6.70. The van der Waals surface area contributed by atoms with Gasteiger partial charge in [-0.3, -0.25) is 14.4 Å². The summed E-state index contributed by atoms with van der Waals surface area (Å²) in [6.07, 6.45) is 6.49. The number of anilines is 1. The molecular formula is C24H33N3O4. The summed E-state index contributed by atoms with van der Waals surface area (Å²) in [5.74, 6) is 0.985. The van der Waals surface area contributed by atoms with E-state index in [9.17, 15) is 14.4 Å². The number of piperidine rings is 1. The summed E-state index contributed by atoms with van der Waals surface area (Å²) in [7, 11) is 0. The molecule has 0 aliphatic carbocycles. The van der Waals surface area contributed by atoms with Crippen molar-refractivity contribution in [3.63, 3.8) is 0 Å². The quantitative estimate of drug-likeness (QED) is 0.741. The Morgan fingerprint density at radius 2 is 1.48 bits per heavy atom. The SMILES string of the molecule is O=C(CCC(=O)N1CCOc2ccccc21)N1CCC(C(=O)N2CCCCCC2)CC1. The van der Waals surface area contributed by atoms with Gasteiger partial charge in [0.15, 0.2) is 0 Å². The molecule has 2 saturated heterocycles. The first-order chi connectivity index (χ1) is 15.1. The van der Waals surface area contributed by atoms with Gasteiger partial charge in [-0.15, -0.1) is 0 Å². The van der Waals surface area contributed by atoms with Crippen LogP contribution < -0.4 is 9.64 Å². The van der Waals surface area contributed by atoms with Gasteiger partial charge in [-0.1, -0.05) is 25.0 Å². The van der Waals surface area contributed by atoms with Gasteiger partial charge in [0.25, 0.3) is 0 Å². The van der Waals surface area contributed by atoms with Crippen LogP contribution in [0, 0.1) is 5.92 Å². The van der Waals surface area contributed by atoms with E-state index < -0.39 is 0 Å². The Hall–Kier alpha value is -2.57. The fourth-order valence-corrected chi connectivity index (χ4v) is 4.86. The van der Waals surface area contributed by atoms with Crippen molar-refractivity contribution in [1.82, 2.24) is 9.80 Å². The zero-order chi connectivity index (χ0) is 21.6. The molecule has 168 valence electrons. The van der Waals surface area contributed by atoms with Crippen LogP contribution in [0.25, 0.3) is 0 Å². The predicted molar refractivity (Wildman–Crippen MR) is 118 cm³/mol. The molecule has 4 rings (SSSR count). The first-order valence-electron chi connectivity index (χ1n) is 11.7. The van der Waals surface area contributed by atoms with Gasteiger partial charge in [-0.25, -0.2) is 0 Å². The number of para-hydroxylation sites is 2. The molecule has 3 amide bonds. The molecule has 0 saturated carbocycles. The van der Waals surface area contributed by atoms with Gasteiger partial charge in [0, 0.05) is 44.9 Å². The number of likely N-dealkylation sites (tertiary alicyclic amines) is 2. The van der Waals surface area contributed by atoms with Crippen molar-refractivity contribution >= 4 is 23.4 Å². The molecule has 0 bridgehead atoms. The second-order valence-corrected chi connectivity index (χ2v) is 8.76. The Kier molecular flexibility index (Phi) is 7.10. The van der Waals surface area contributed by atoms with Crippen LogP contribution in [0.2, 0.25) is 0 Å². The minimum Gasteiger partial charge on any atom is -0.490 e. The van der Waals surface area contributed by atoms with Crippen LogP contribution in [-0.4, -0.2) is 66.9 Å². The van der Waals surface area contributed by atoms with E-state index in [-0.39, 0.29) is 36.5 Å². The number of hydrogen-bond acceptors (Lipinski definition) is 4. The van der Waals surface area contributed by atoms with Crippen molar-refractivity contribution in [3.05, 3.63) is 24.3 Å². The van der Waals surface area contributed by atoms with E-state index in [4.69, 9.17) is 4.74 Å². The highest BCUT2D eigenvalue weighted by Crippen LogP contribution is 2.31. The smallest absolute Gasteiger partial charge is 0.227 e. The van der Waals surface area contributed by atoms with Gasteiger partial charge >= 0.3 is 0 Å². The molecule has 1 aromatic rings. The lowest BCUT2D eigenvalue weighted by Crippen LogP contribution is -2.45. The maximum Gasteiger partial charge on any atom is 0.227 e. The van der Waals surface area contributed by atoms with Gasteiger partial charge in [0.1, 0.15) is 12.4 Å². The second-order valence-electron chi connectivity index (χ2n) is 8.76. The Labute approximate surface area is 184 Å². The second kappa shape index (κ2) is 10.2. The van der Waals surface area contributed by atoms with Crippen molar-refractivity contribution < 1.29 is 19.1 Å².